The summed E-state index contributed by atoms with van der Waals surface area (Å²) in [6.07, 6.45) is 1.48. The van der Waals surface area contributed by atoms with Gasteiger partial charge in [0.15, 0.2) is 0 Å². The summed E-state index contributed by atoms with van der Waals surface area (Å²) in [5, 5.41) is 0. The van der Waals surface area contributed by atoms with Crippen LogP contribution in [-0.2, 0) is 10.0 Å². The monoisotopic (exact) mass is 269 g/mol. The zero-order valence-electron chi connectivity index (χ0n) is 10.6. The number of aryl methyl sites for hydroxylation is 1. The van der Waals surface area contributed by atoms with Gasteiger partial charge >= 0.3 is 0 Å². The van der Waals surface area contributed by atoms with Crippen LogP contribution in [0.5, 0.6) is 5.75 Å². The van der Waals surface area contributed by atoms with Gasteiger partial charge < -0.3 is 4.74 Å². The summed E-state index contributed by atoms with van der Waals surface area (Å²) in [7, 11) is -2.96. The van der Waals surface area contributed by atoms with Crippen molar-refractivity contribution in [2.75, 3.05) is 25.4 Å². The summed E-state index contributed by atoms with van der Waals surface area (Å²) in [6.45, 7) is 3.78. The third-order valence-electron chi connectivity index (χ3n) is 3.11. The van der Waals surface area contributed by atoms with Gasteiger partial charge in [0, 0.05) is 13.1 Å². The van der Waals surface area contributed by atoms with Gasteiger partial charge in [-0.25, -0.2) is 12.7 Å². The summed E-state index contributed by atoms with van der Waals surface area (Å²) in [4.78, 5) is 0. The van der Waals surface area contributed by atoms with Crippen LogP contribution in [0.3, 0.4) is 0 Å². The second-order valence-corrected chi connectivity index (χ2v) is 6.62. The second kappa shape index (κ2) is 5.71. The van der Waals surface area contributed by atoms with Gasteiger partial charge in [-0.3, -0.25) is 0 Å². The highest BCUT2D eigenvalue weighted by atomic mass is 32.2. The van der Waals surface area contributed by atoms with E-state index in [1.165, 1.54) is 0 Å². The van der Waals surface area contributed by atoms with Crippen molar-refractivity contribution in [3.63, 3.8) is 0 Å². The summed E-state index contributed by atoms with van der Waals surface area (Å²) in [6, 6.07) is 7.84. The number of rotatable bonds is 5. The Kier molecular flexibility index (Phi) is 4.24. The van der Waals surface area contributed by atoms with E-state index in [0.717, 1.165) is 24.2 Å². The van der Waals surface area contributed by atoms with Crippen LogP contribution in [0.4, 0.5) is 0 Å². The predicted octanol–water partition coefficient (Wildman–Crippen LogP) is 1.80. The summed E-state index contributed by atoms with van der Waals surface area (Å²) in [5.74, 6) is 1.17. The van der Waals surface area contributed by atoms with E-state index in [4.69, 9.17) is 4.74 Å². The number of nitrogens with zero attached hydrogens (tertiary/aromatic N) is 1. The van der Waals surface area contributed by atoms with Crippen molar-refractivity contribution in [2.24, 2.45) is 0 Å². The van der Waals surface area contributed by atoms with Crippen LogP contribution < -0.4 is 4.74 Å². The molecule has 1 aromatic carbocycles. The largest absolute Gasteiger partial charge is 0.493 e. The van der Waals surface area contributed by atoms with Crippen LogP contribution in [0.25, 0.3) is 0 Å². The van der Waals surface area contributed by atoms with Gasteiger partial charge in [0.25, 0.3) is 0 Å². The topological polar surface area (TPSA) is 46.6 Å². The maximum absolute atomic E-state index is 11.6. The number of para-hydroxylation sites is 1. The molecule has 0 spiro atoms. The van der Waals surface area contributed by atoms with E-state index in [1.54, 1.807) is 4.31 Å². The van der Waals surface area contributed by atoms with Crippen molar-refractivity contribution < 1.29 is 13.2 Å². The highest BCUT2D eigenvalue weighted by Crippen LogP contribution is 2.17. The first-order valence-corrected chi connectivity index (χ1v) is 7.87. The molecule has 100 valence electrons. The highest BCUT2D eigenvalue weighted by Gasteiger charge is 2.27. The van der Waals surface area contributed by atoms with Crippen molar-refractivity contribution >= 4 is 10.0 Å². The summed E-state index contributed by atoms with van der Waals surface area (Å²) >= 11 is 0. The lowest BCUT2D eigenvalue weighted by atomic mass is 10.2. The normalized spacial score (nSPS) is 18.9. The molecule has 0 atom stereocenters. The molecule has 1 fully saturated rings. The first-order chi connectivity index (χ1) is 8.59. The minimum atomic E-state index is -2.96. The van der Waals surface area contributed by atoms with Crippen LogP contribution in [0.1, 0.15) is 18.4 Å². The van der Waals surface area contributed by atoms with Crippen molar-refractivity contribution in [1.29, 1.82) is 0 Å². The van der Waals surface area contributed by atoms with E-state index >= 15 is 0 Å². The molecule has 2 rings (SSSR count). The maximum atomic E-state index is 11.6. The van der Waals surface area contributed by atoms with Crippen molar-refractivity contribution in [2.45, 2.75) is 19.8 Å². The molecular weight excluding hydrogens is 250 g/mol. The van der Waals surface area contributed by atoms with Gasteiger partial charge in [-0.05, 0) is 31.4 Å². The van der Waals surface area contributed by atoms with E-state index in [9.17, 15) is 8.42 Å². The molecule has 1 saturated heterocycles. The molecule has 1 aromatic rings. The Morgan fingerprint density at radius 3 is 2.78 bits per heavy atom. The Hall–Kier alpha value is -1.07. The fraction of sp³-hybridized carbons (Fsp3) is 0.538. The third-order valence-corrected chi connectivity index (χ3v) is 5.06. The summed E-state index contributed by atoms with van der Waals surface area (Å²) in [5.41, 5.74) is 1.10. The lowest BCUT2D eigenvalue weighted by Gasteiger charge is -2.14. The number of benzene rings is 1. The Balaban J connectivity index is 1.75. The molecule has 0 unspecified atom stereocenters. The van der Waals surface area contributed by atoms with Crippen LogP contribution in [0.15, 0.2) is 24.3 Å². The van der Waals surface area contributed by atoms with E-state index in [0.29, 0.717) is 25.4 Å². The fourth-order valence-electron chi connectivity index (χ4n) is 2.08. The molecule has 0 aromatic heterocycles. The molecule has 0 saturated carbocycles. The minimum Gasteiger partial charge on any atom is -0.493 e. The average Bonchev–Trinajstić information content (AvgIpc) is 2.66. The molecule has 18 heavy (non-hydrogen) atoms. The van der Waals surface area contributed by atoms with Gasteiger partial charge in [0.1, 0.15) is 5.75 Å². The Morgan fingerprint density at radius 1 is 1.33 bits per heavy atom. The molecular formula is C13H19NO3S. The summed E-state index contributed by atoms with van der Waals surface area (Å²) < 4.78 is 30.3. The zero-order valence-corrected chi connectivity index (χ0v) is 11.4. The van der Waals surface area contributed by atoms with Crippen molar-refractivity contribution in [1.82, 2.24) is 4.31 Å². The lowest BCUT2D eigenvalue weighted by Crippen LogP contribution is -2.27. The van der Waals surface area contributed by atoms with E-state index in [-0.39, 0.29) is 0 Å². The smallest absolute Gasteiger partial charge is 0.214 e. The zero-order chi connectivity index (χ0) is 13.0. The average molecular weight is 269 g/mol. The number of hydrogen-bond donors (Lipinski definition) is 0. The highest BCUT2D eigenvalue weighted by molar-refractivity contribution is 7.89. The molecule has 0 radical (unpaired) electrons. The standard InChI is InChI=1S/C13H19NO3S/c1-12-6-2-3-7-13(12)17-10-4-8-14-9-5-11-18(14,15)16/h2-3,6-7H,4-5,8-11H2,1H3. The first-order valence-electron chi connectivity index (χ1n) is 6.26. The van der Waals surface area contributed by atoms with Crippen LogP contribution in [0, 0.1) is 6.92 Å². The predicted molar refractivity (Wildman–Crippen MR) is 71.3 cm³/mol. The van der Waals surface area contributed by atoms with Crippen molar-refractivity contribution in [3.8, 4) is 5.75 Å². The quantitative estimate of drug-likeness (QED) is 0.766. The van der Waals surface area contributed by atoms with E-state index in [2.05, 4.69) is 0 Å². The van der Waals surface area contributed by atoms with Gasteiger partial charge in [-0.2, -0.15) is 0 Å². The third kappa shape index (κ3) is 3.23. The fourth-order valence-corrected chi connectivity index (χ4v) is 3.65. The SMILES string of the molecule is Cc1ccccc1OCCCN1CCCS1(=O)=O. The molecule has 0 N–H and O–H groups in total. The number of hydrogen-bond acceptors (Lipinski definition) is 3. The molecule has 5 heteroatoms. The molecule has 0 aliphatic carbocycles. The Labute approximate surface area is 109 Å². The Bertz CT molecular complexity index is 499. The van der Waals surface area contributed by atoms with Gasteiger partial charge in [-0.15, -0.1) is 0 Å². The molecule has 0 amide bonds. The first kappa shape index (κ1) is 13.4. The van der Waals surface area contributed by atoms with Crippen LogP contribution >= 0.6 is 0 Å². The molecule has 1 aliphatic rings. The number of ether oxygens (including phenoxy) is 1. The van der Waals surface area contributed by atoms with Gasteiger partial charge in [0.05, 0.1) is 12.4 Å². The Morgan fingerprint density at radius 2 is 2.11 bits per heavy atom. The van der Waals surface area contributed by atoms with E-state index < -0.39 is 10.0 Å². The van der Waals surface area contributed by atoms with Crippen LogP contribution in [-0.4, -0.2) is 38.2 Å². The molecule has 1 aliphatic heterocycles. The number of sulfonamides is 1. The van der Waals surface area contributed by atoms with Crippen LogP contribution in [0.2, 0.25) is 0 Å². The van der Waals surface area contributed by atoms with Gasteiger partial charge in [-0.1, -0.05) is 18.2 Å². The van der Waals surface area contributed by atoms with E-state index in [1.807, 2.05) is 31.2 Å². The van der Waals surface area contributed by atoms with Gasteiger partial charge in [0.2, 0.25) is 10.0 Å². The molecule has 0 bridgehead atoms. The van der Waals surface area contributed by atoms with Crippen molar-refractivity contribution in [3.05, 3.63) is 29.8 Å². The maximum Gasteiger partial charge on any atom is 0.214 e. The second-order valence-electron chi connectivity index (χ2n) is 4.54. The molecule has 4 nitrogen and oxygen atoms in total. The lowest BCUT2D eigenvalue weighted by molar-refractivity contribution is 0.291. The molecule has 1 heterocycles. The minimum absolute atomic E-state index is 0.297.